The summed E-state index contributed by atoms with van der Waals surface area (Å²) in [5.41, 5.74) is 0. The number of unbranched alkanes of at least 4 members (excludes halogenated alkanes) is 44. The molecule has 0 rings (SSSR count). The van der Waals surface area contributed by atoms with Crippen LogP contribution in [0.4, 0.5) is 0 Å². The van der Waals surface area contributed by atoms with Crippen LogP contribution >= 0.6 is 15.6 Å². The van der Waals surface area contributed by atoms with Gasteiger partial charge in [0.2, 0.25) is 0 Å². The first kappa shape index (κ1) is 89.1. The third kappa shape index (κ3) is 66.5. The van der Waals surface area contributed by atoms with Crippen LogP contribution in [0.2, 0.25) is 0 Å². The molecule has 0 saturated heterocycles. The number of hydrogen-bond acceptors (Lipinski definition) is 15. The van der Waals surface area contributed by atoms with Gasteiger partial charge < -0.3 is 33.8 Å². The maximum Gasteiger partial charge on any atom is 0.472 e. The predicted octanol–water partition coefficient (Wildman–Crippen LogP) is 20.9. The molecule has 0 aromatic rings. The van der Waals surface area contributed by atoms with Crippen molar-refractivity contribution in [3.63, 3.8) is 0 Å². The van der Waals surface area contributed by atoms with Crippen LogP contribution in [0.5, 0.6) is 0 Å². The Hall–Kier alpha value is -1.94. The van der Waals surface area contributed by atoms with Gasteiger partial charge in [-0.25, -0.2) is 9.13 Å². The lowest BCUT2D eigenvalue weighted by molar-refractivity contribution is -0.161. The van der Waals surface area contributed by atoms with Crippen molar-refractivity contribution < 1.29 is 80.2 Å². The Kier molecular flexibility index (Phi) is 64.0. The van der Waals surface area contributed by atoms with Crippen molar-refractivity contribution >= 4 is 39.5 Å². The van der Waals surface area contributed by atoms with E-state index in [1.165, 1.54) is 193 Å². The summed E-state index contributed by atoms with van der Waals surface area (Å²) in [7, 11) is -9.89. The average Bonchev–Trinajstić information content (AvgIpc) is 3.69. The van der Waals surface area contributed by atoms with Gasteiger partial charge in [-0.15, -0.1) is 0 Å². The summed E-state index contributed by atoms with van der Waals surface area (Å²) in [6.45, 7) is 7.21. The molecule has 0 amide bonds. The molecule has 17 nitrogen and oxygen atoms in total. The van der Waals surface area contributed by atoms with Crippen molar-refractivity contribution in [1.29, 1.82) is 0 Å². The van der Waals surface area contributed by atoms with Crippen LogP contribution < -0.4 is 0 Å². The molecule has 0 aliphatic rings. The summed E-state index contributed by atoms with van der Waals surface area (Å²) >= 11 is 0. The minimum Gasteiger partial charge on any atom is -0.462 e. The van der Waals surface area contributed by atoms with Crippen molar-refractivity contribution in [2.24, 2.45) is 5.92 Å². The summed E-state index contributed by atoms with van der Waals surface area (Å²) in [6, 6.07) is 0. The fourth-order valence-corrected chi connectivity index (χ4v) is 12.6. The zero-order chi connectivity index (χ0) is 67.0. The van der Waals surface area contributed by atoms with Crippen molar-refractivity contribution in [1.82, 2.24) is 0 Å². The monoisotopic (exact) mass is 1340 g/mol. The molecular formula is C72H140O17P2. The van der Waals surface area contributed by atoms with Gasteiger partial charge in [-0.1, -0.05) is 324 Å². The Morgan fingerprint density at radius 1 is 0.297 bits per heavy atom. The zero-order valence-electron chi connectivity index (χ0n) is 59.0. The number of phosphoric acid groups is 2. The highest BCUT2D eigenvalue weighted by atomic mass is 31.2. The van der Waals surface area contributed by atoms with Crippen LogP contribution in [-0.2, 0) is 65.4 Å². The van der Waals surface area contributed by atoms with Crippen LogP contribution in [0, 0.1) is 5.92 Å². The molecule has 0 saturated carbocycles. The molecule has 3 N–H and O–H groups in total. The zero-order valence-corrected chi connectivity index (χ0v) is 60.8. The first-order valence-electron chi connectivity index (χ1n) is 37.6. The van der Waals surface area contributed by atoms with E-state index < -0.39 is 97.5 Å². The number of phosphoric ester groups is 2. The standard InChI is InChI=1S/C72H140O17P2/c1-6-9-12-15-17-19-21-23-26-30-34-37-41-46-51-56-70(75)83-62-68(89-72(77)58-53-48-43-39-35-31-28-25-24-27-29-32-36-40-45-49-54-65(4)5)64-87-91(80,81)85-60-66(73)59-84-90(78,79)86-63-67(61-82-69(74)55-50-44-14-11-8-3)88-71(76)57-52-47-42-38-33-22-20-18-16-13-10-7-2/h65-68,73H,6-64H2,1-5H3,(H,78,79)(H,80,81)/t66-,67+,68+/m0/s1. The third-order valence-electron chi connectivity index (χ3n) is 16.8. The molecule has 91 heavy (non-hydrogen) atoms. The van der Waals surface area contributed by atoms with Gasteiger partial charge in [0.1, 0.15) is 19.3 Å². The number of aliphatic hydroxyl groups is 1. The summed E-state index contributed by atoms with van der Waals surface area (Å²) in [4.78, 5) is 72.3. The predicted molar refractivity (Wildman–Crippen MR) is 368 cm³/mol. The van der Waals surface area contributed by atoms with Gasteiger partial charge in [0, 0.05) is 25.7 Å². The number of rotatable bonds is 72. The van der Waals surface area contributed by atoms with Gasteiger partial charge in [-0.3, -0.25) is 37.3 Å². The van der Waals surface area contributed by atoms with Gasteiger partial charge in [0.15, 0.2) is 12.2 Å². The molecule has 0 aliphatic carbocycles. The molecule has 540 valence electrons. The number of hydrogen-bond donors (Lipinski definition) is 3. The van der Waals surface area contributed by atoms with Crippen LogP contribution in [0.15, 0.2) is 0 Å². The number of aliphatic hydroxyl groups excluding tert-OH is 1. The molecule has 0 fully saturated rings. The Bertz CT molecular complexity index is 1750. The highest BCUT2D eigenvalue weighted by molar-refractivity contribution is 7.47. The van der Waals surface area contributed by atoms with Crippen LogP contribution in [0.1, 0.15) is 375 Å². The highest BCUT2D eigenvalue weighted by Crippen LogP contribution is 2.45. The molecule has 2 unspecified atom stereocenters. The number of esters is 4. The topological polar surface area (TPSA) is 237 Å². The fourth-order valence-electron chi connectivity index (χ4n) is 11.0. The first-order valence-corrected chi connectivity index (χ1v) is 40.6. The molecule has 0 spiro atoms. The molecule has 0 aliphatic heterocycles. The van der Waals surface area contributed by atoms with Crippen LogP contribution in [0.25, 0.3) is 0 Å². The van der Waals surface area contributed by atoms with Crippen molar-refractivity contribution in [2.45, 2.75) is 393 Å². The molecule has 0 bridgehead atoms. The Balaban J connectivity index is 5.14. The fraction of sp³-hybridized carbons (Fsp3) is 0.944. The molecule has 0 aromatic heterocycles. The van der Waals surface area contributed by atoms with E-state index >= 15 is 0 Å². The Morgan fingerprint density at radius 2 is 0.505 bits per heavy atom. The maximum absolute atomic E-state index is 13.0. The average molecular weight is 1340 g/mol. The van der Waals surface area contributed by atoms with Crippen molar-refractivity contribution in [2.75, 3.05) is 39.6 Å². The van der Waals surface area contributed by atoms with Gasteiger partial charge in [0.05, 0.1) is 26.4 Å². The second kappa shape index (κ2) is 65.4. The minimum atomic E-state index is -4.95. The summed E-state index contributed by atoms with van der Waals surface area (Å²) in [6.07, 6.45) is 53.1. The number of carbonyl (C=O) groups excluding carboxylic acids is 4. The van der Waals surface area contributed by atoms with E-state index in [0.29, 0.717) is 25.7 Å². The Labute approximate surface area is 556 Å². The highest BCUT2D eigenvalue weighted by Gasteiger charge is 2.30. The van der Waals surface area contributed by atoms with E-state index in [9.17, 15) is 43.2 Å². The SMILES string of the molecule is CCCCCCCCCCCCCCCCCC(=O)OC[C@H](COP(=O)(O)OC[C@@H](O)COP(=O)(O)OC[C@@H](COC(=O)CCCCCCC)OC(=O)CCCCCCCCCCCCCC)OC(=O)CCCCCCCCCCCCCCCCCCC(C)C. The van der Waals surface area contributed by atoms with E-state index in [4.69, 9.17) is 37.0 Å². The molecular weight excluding hydrogens is 1200 g/mol. The molecule has 5 atom stereocenters. The smallest absolute Gasteiger partial charge is 0.462 e. The number of carbonyl (C=O) groups is 4. The van der Waals surface area contributed by atoms with E-state index in [0.717, 1.165) is 102 Å². The summed E-state index contributed by atoms with van der Waals surface area (Å²) in [5, 5.41) is 10.6. The lowest BCUT2D eigenvalue weighted by atomic mass is 10.0. The summed E-state index contributed by atoms with van der Waals surface area (Å²) < 4.78 is 68.1. The van der Waals surface area contributed by atoms with E-state index in [1.807, 2.05) is 0 Å². The van der Waals surface area contributed by atoms with Gasteiger partial charge in [-0.05, 0) is 31.6 Å². The lowest BCUT2D eigenvalue weighted by Crippen LogP contribution is -2.30. The largest absolute Gasteiger partial charge is 0.472 e. The number of ether oxygens (including phenoxy) is 4. The Morgan fingerprint density at radius 3 is 0.747 bits per heavy atom. The molecule has 19 heteroatoms. The summed E-state index contributed by atoms with van der Waals surface area (Å²) in [5.74, 6) is -1.32. The third-order valence-corrected chi connectivity index (χ3v) is 18.7. The second-order valence-electron chi connectivity index (χ2n) is 26.5. The quantitative estimate of drug-likeness (QED) is 0.0222. The minimum absolute atomic E-state index is 0.107. The van der Waals surface area contributed by atoms with Gasteiger partial charge in [-0.2, -0.15) is 0 Å². The first-order chi connectivity index (χ1) is 44.0. The van der Waals surface area contributed by atoms with Gasteiger partial charge in [0.25, 0.3) is 0 Å². The van der Waals surface area contributed by atoms with E-state index in [1.54, 1.807) is 0 Å². The van der Waals surface area contributed by atoms with E-state index in [-0.39, 0.29) is 25.7 Å². The van der Waals surface area contributed by atoms with Crippen molar-refractivity contribution in [3.05, 3.63) is 0 Å². The molecule has 0 aromatic carbocycles. The molecule has 0 radical (unpaired) electrons. The normalized spacial score (nSPS) is 14.0. The second-order valence-corrected chi connectivity index (χ2v) is 29.4. The lowest BCUT2D eigenvalue weighted by Gasteiger charge is -2.21. The van der Waals surface area contributed by atoms with Crippen LogP contribution in [0.3, 0.4) is 0 Å². The van der Waals surface area contributed by atoms with Gasteiger partial charge >= 0.3 is 39.5 Å². The molecule has 0 heterocycles. The maximum atomic E-state index is 13.0. The van der Waals surface area contributed by atoms with Crippen LogP contribution in [-0.4, -0.2) is 96.7 Å². The van der Waals surface area contributed by atoms with Crippen molar-refractivity contribution in [3.8, 4) is 0 Å². The van der Waals surface area contributed by atoms with E-state index in [2.05, 4.69) is 34.6 Å².